The first-order valence-electron chi connectivity index (χ1n) is 6.23. The Hall–Kier alpha value is -2.16. The second-order valence-corrected chi connectivity index (χ2v) is 4.14. The number of rotatable bonds is 6. The van der Waals surface area contributed by atoms with E-state index in [2.05, 4.69) is 0 Å². The molecule has 0 fully saturated rings. The van der Waals surface area contributed by atoms with Crippen molar-refractivity contribution in [2.45, 2.75) is 26.7 Å². The molecule has 0 aliphatic heterocycles. The third kappa shape index (κ3) is 4.54. The van der Waals surface area contributed by atoms with E-state index in [9.17, 15) is 9.59 Å². The van der Waals surface area contributed by atoms with Crippen LogP contribution in [0.3, 0.4) is 0 Å². The van der Waals surface area contributed by atoms with Crippen LogP contribution >= 0.6 is 0 Å². The van der Waals surface area contributed by atoms with E-state index in [1.165, 1.54) is 0 Å². The Bertz CT molecular complexity index is 507. The van der Waals surface area contributed by atoms with E-state index in [0.717, 1.165) is 11.1 Å². The van der Waals surface area contributed by atoms with Gasteiger partial charge in [0.15, 0.2) is 5.78 Å². The summed E-state index contributed by atoms with van der Waals surface area (Å²) in [5, 5.41) is 8.55. The zero-order chi connectivity index (χ0) is 14.3. The van der Waals surface area contributed by atoms with Gasteiger partial charge < -0.3 is 5.11 Å². The zero-order valence-corrected chi connectivity index (χ0v) is 11.2. The van der Waals surface area contributed by atoms with Gasteiger partial charge in [-0.3, -0.25) is 9.59 Å². The minimum absolute atomic E-state index is 0.0417. The maximum Gasteiger partial charge on any atom is 0.303 e. The van der Waals surface area contributed by atoms with Crippen LogP contribution in [-0.4, -0.2) is 16.9 Å². The standard InChI is InChI=1S/C16H18O3/c1-3-5-12(4-2)13-6-8-14(9-7-13)15(17)10-11-16(18)19/h3-9H,10-11H2,1-2H3,(H,18,19)/b5-3-,12-4+. The number of aliphatic carboxylic acids is 1. The maximum atomic E-state index is 11.7. The molecule has 100 valence electrons. The van der Waals surface area contributed by atoms with Gasteiger partial charge in [0.1, 0.15) is 0 Å². The van der Waals surface area contributed by atoms with Gasteiger partial charge >= 0.3 is 5.97 Å². The molecule has 0 aliphatic carbocycles. The van der Waals surface area contributed by atoms with Gasteiger partial charge in [-0.1, -0.05) is 42.5 Å². The number of ketones is 1. The van der Waals surface area contributed by atoms with Gasteiger partial charge in [-0.15, -0.1) is 0 Å². The summed E-state index contributed by atoms with van der Waals surface area (Å²) in [7, 11) is 0. The molecule has 0 amide bonds. The first-order chi connectivity index (χ1) is 9.08. The molecule has 0 aliphatic rings. The molecule has 1 aromatic rings. The fourth-order valence-electron chi connectivity index (χ4n) is 1.75. The highest BCUT2D eigenvalue weighted by molar-refractivity contribution is 5.97. The molecule has 0 bridgehead atoms. The highest BCUT2D eigenvalue weighted by atomic mass is 16.4. The van der Waals surface area contributed by atoms with Crippen molar-refractivity contribution in [3.63, 3.8) is 0 Å². The second-order valence-electron chi connectivity index (χ2n) is 4.14. The molecule has 0 radical (unpaired) electrons. The molecule has 1 N–H and O–H groups in total. The van der Waals surface area contributed by atoms with Crippen LogP contribution in [0.5, 0.6) is 0 Å². The Balaban J connectivity index is 2.81. The third-order valence-electron chi connectivity index (χ3n) is 2.76. The van der Waals surface area contributed by atoms with E-state index in [4.69, 9.17) is 5.11 Å². The van der Waals surface area contributed by atoms with E-state index < -0.39 is 5.97 Å². The summed E-state index contributed by atoms with van der Waals surface area (Å²) in [6.07, 6.45) is 5.88. The number of benzene rings is 1. The van der Waals surface area contributed by atoms with Gasteiger partial charge in [-0.25, -0.2) is 0 Å². The van der Waals surface area contributed by atoms with Crippen LogP contribution in [0, 0.1) is 0 Å². The summed E-state index contributed by atoms with van der Waals surface area (Å²) in [6, 6.07) is 7.24. The lowest BCUT2D eigenvalue weighted by Crippen LogP contribution is -2.03. The van der Waals surface area contributed by atoms with Crippen LogP contribution in [0.25, 0.3) is 5.57 Å². The van der Waals surface area contributed by atoms with E-state index in [1.54, 1.807) is 12.1 Å². The Morgan fingerprint density at radius 2 is 1.63 bits per heavy atom. The molecule has 3 heteroatoms. The van der Waals surface area contributed by atoms with E-state index in [1.807, 2.05) is 44.2 Å². The van der Waals surface area contributed by atoms with Gasteiger partial charge in [0.25, 0.3) is 0 Å². The highest BCUT2D eigenvalue weighted by Crippen LogP contribution is 2.17. The number of Topliss-reactive ketones (excluding diaryl/α,β-unsaturated/α-hetero) is 1. The minimum Gasteiger partial charge on any atom is -0.481 e. The SMILES string of the molecule is C/C=C\C(=C/C)c1ccc(C(=O)CCC(=O)O)cc1. The normalized spacial score (nSPS) is 11.8. The lowest BCUT2D eigenvalue weighted by molar-refractivity contribution is -0.136. The zero-order valence-electron chi connectivity index (χ0n) is 11.2. The van der Waals surface area contributed by atoms with Crippen LogP contribution < -0.4 is 0 Å². The van der Waals surface area contributed by atoms with Gasteiger partial charge in [0.2, 0.25) is 0 Å². The summed E-state index contributed by atoms with van der Waals surface area (Å²) < 4.78 is 0. The molecular formula is C16H18O3. The Morgan fingerprint density at radius 1 is 1.05 bits per heavy atom. The fourth-order valence-corrected chi connectivity index (χ4v) is 1.75. The summed E-state index contributed by atoms with van der Waals surface area (Å²) in [6.45, 7) is 3.91. The topological polar surface area (TPSA) is 54.4 Å². The van der Waals surface area contributed by atoms with Crippen molar-refractivity contribution in [2.75, 3.05) is 0 Å². The predicted octanol–water partition coefficient (Wildman–Crippen LogP) is 3.71. The molecule has 0 spiro atoms. The van der Waals surface area contributed by atoms with Gasteiger partial charge in [-0.05, 0) is 25.0 Å². The van der Waals surface area contributed by atoms with Crippen LogP contribution in [0.15, 0.2) is 42.5 Å². The van der Waals surface area contributed by atoms with Gasteiger partial charge in [0.05, 0.1) is 6.42 Å². The van der Waals surface area contributed by atoms with Crippen molar-refractivity contribution in [3.05, 3.63) is 53.6 Å². The number of allylic oxidation sites excluding steroid dienone is 4. The molecule has 0 saturated heterocycles. The summed E-state index contributed by atoms with van der Waals surface area (Å²) >= 11 is 0. The van der Waals surface area contributed by atoms with E-state index in [0.29, 0.717) is 5.56 Å². The molecule has 19 heavy (non-hydrogen) atoms. The number of carboxylic acid groups (broad SMARTS) is 1. The number of hydrogen-bond acceptors (Lipinski definition) is 2. The number of carbonyl (C=O) groups is 2. The van der Waals surface area contributed by atoms with Crippen LogP contribution in [0.1, 0.15) is 42.6 Å². The molecule has 1 aromatic carbocycles. The Labute approximate surface area is 113 Å². The number of carboxylic acids is 1. The highest BCUT2D eigenvalue weighted by Gasteiger charge is 2.08. The lowest BCUT2D eigenvalue weighted by atomic mass is 10.0. The van der Waals surface area contributed by atoms with Crippen molar-refractivity contribution in [1.82, 2.24) is 0 Å². The smallest absolute Gasteiger partial charge is 0.303 e. The van der Waals surface area contributed by atoms with Crippen LogP contribution in [-0.2, 0) is 4.79 Å². The van der Waals surface area contributed by atoms with Gasteiger partial charge in [-0.2, -0.15) is 0 Å². The second kappa shape index (κ2) is 7.31. The first-order valence-corrected chi connectivity index (χ1v) is 6.23. The van der Waals surface area contributed by atoms with Crippen molar-refractivity contribution in [3.8, 4) is 0 Å². The Morgan fingerprint density at radius 3 is 2.11 bits per heavy atom. The predicted molar refractivity (Wildman–Crippen MR) is 76.1 cm³/mol. The molecule has 0 heterocycles. The lowest BCUT2D eigenvalue weighted by Gasteiger charge is -2.04. The Kier molecular flexibility index (Phi) is 5.73. The molecule has 0 atom stereocenters. The number of carbonyl (C=O) groups excluding carboxylic acids is 1. The van der Waals surface area contributed by atoms with Crippen LogP contribution in [0.2, 0.25) is 0 Å². The molecule has 0 saturated carbocycles. The van der Waals surface area contributed by atoms with Gasteiger partial charge in [0, 0.05) is 12.0 Å². The molecule has 0 unspecified atom stereocenters. The molecule has 0 aromatic heterocycles. The van der Waals surface area contributed by atoms with E-state index in [-0.39, 0.29) is 18.6 Å². The molecule has 1 rings (SSSR count). The largest absolute Gasteiger partial charge is 0.481 e. The average Bonchev–Trinajstić information content (AvgIpc) is 2.42. The maximum absolute atomic E-state index is 11.7. The van der Waals surface area contributed by atoms with Crippen molar-refractivity contribution in [1.29, 1.82) is 0 Å². The van der Waals surface area contributed by atoms with Crippen molar-refractivity contribution >= 4 is 17.3 Å². The van der Waals surface area contributed by atoms with Crippen LogP contribution in [0.4, 0.5) is 0 Å². The van der Waals surface area contributed by atoms with Crippen molar-refractivity contribution < 1.29 is 14.7 Å². The first kappa shape index (κ1) is 14.9. The monoisotopic (exact) mass is 258 g/mol. The summed E-state index contributed by atoms with van der Waals surface area (Å²) in [5.74, 6) is -1.09. The van der Waals surface area contributed by atoms with Crippen molar-refractivity contribution in [2.24, 2.45) is 0 Å². The third-order valence-corrected chi connectivity index (χ3v) is 2.76. The average molecular weight is 258 g/mol. The molecular weight excluding hydrogens is 240 g/mol. The quantitative estimate of drug-likeness (QED) is 0.625. The summed E-state index contributed by atoms with van der Waals surface area (Å²) in [4.78, 5) is 22.2. The minimum atomic E-state index is -0.950. The fraction of sp³-hybridized carbons (Fsp3) is 0.250. The molecule has 3 nitrogen and oxygen atoms in total. The number of hydrogen-bond donors (Lipinski definition) is 1. The summed E-state index contributed by atoms with van der Waals surface area (Å²) in [5.41, 5.74) is 2.68. The van der Waals surface area contributed by atoms with E-state index >= 15 is 0 Å².